The van der Waals surface area contributed by atoms with Crippen LogP contribution in [0, 0.1) is 0 Å². The summed E-state index contributed by atoms with van der Waals surface area (Å²) in [4.78, 5) is 9.00. The highest BCUT2D eigenvalue weighted by Crippen LogP contribution is 2.02. The van der Waals surface area contributed by atoms with Gasteiger partial charge in [0.25, 0.3) is 16.1 Å². The molecule has 8 heteroatoms. The molecule has 0 atom stereocenters. The van der Waals surface area contributed by atoms with Gasteiger partial charge in [0.1, 0.15) is 5.75 Å². The number of carbonyl (C=O) groups is 1. The molecule has 0 aliphatic carbocycles. The van der Waals surface area contributed by atoms with Crippen LogP contribution in [0.15, 0.2) is 30.3 Å². The molecule has 104 valence electrons. The summed E-state index contributed by atoms with van der Waals surface area (Å²) in [6.07, 6.45) is 0. The third kappa shape index (κ3) is 23.9. The average molecular weight is 279 g/mol. The highest BCUT2D eigenvalue weighted by molar-refractivity contribution is 7.85. The van der Waals surface area contributed by atoms with Crippen molar-refractivity contribution < 1.29 is 28.0 Å². The Bertz CT molecular complexity index is 413. The Morgan fingerprint density at radius 2 is 1.67 bits per heavy atom. The van der Waals surface area contributed by atoms with Crippen LogP contribution >= 0.6 is 0 Å². The first-order chi connectivity index (χ1) is 8.19. The number of nitrogens with two attached hydrogens (primary N) is 1. The second-order valence-corrected chi connectivity index (χ2v) is 4.50. The van der Waals surface area contributed by atoms with E-state index < -0.39 is 16.1 Å². The van der Waals surface area contributed by atoms with Gasteiger partial charge in [0.2, 0.25) is 0 Å². The van der Waals surface area contributed by atoms with Gasteiger partial charge in [0.15, 0.2) is 0 Å². The highest BCUT2D eigenvalue weighted by Gasteiger charge is 1.98. The fourth-order valence-corrected chi connectivity index (χ4v) is 0.875. The van der Waals surface area contributed by atoms with Crippen LogP contribution in [0.1, 0.15) is 6.92 Å². The van der Waals surface area contributed by atoms with Crippen LogP contribution in [-0.2, 0) is 14.9 Å². The highest BCUT2D eigenvalue weighted by atomic mass is 32.2. The molecule has 0 unspecified atom stereocenters. The van der Waals surface area contributed by atoms with Crippen molar-refractivity contribution in [2.75, 3.05) is 12.3 Å². The lowest BCUT2D eigenvalue weighted by molar-refractivity contribution is -0.134. The zero-order chi connectivity index (χ0) is 14.6. The fraction of sp³-hybridized carbons (Fsp3) is 0.300. The first-order valence-corrected chi connectivity index (χ1v) is 6.38. The monoisotopic (exact) mass is 279 g/mol. The van der Waals surface area contributed by atoms with Gasteiger partial charge in [0.05, 0.1) is 5.75 Å². The van der Waals surface area contributed by atoms with E-state index in [4.69, 9.17) is 25.3 Å². The summed E-state index contributed by atoms with van der Waals surface area (Å²) in [5.41, 5.74) is 4.78. The second kappa shape index (κ2) is 10.5. The predicted molar refractivity (Wildman–Crippen MR) is 66.9 cm³/mol. The SMILES string of the molecule is CC(=O)O.NCCS(=O)(=O)O.Oc1ccccc1. The van der Waals surface area contributed by atoms with Crippen molar-refractivity contribution in [3.05, 3.63) is 30.3 Å². The molecule has 0 aliphatic rings. The molecule has 18 heavy (non-hydrogen) atoms. The molecule has 0 spiro atoms. The number of aromatic hydroxyl groups is 1. The van der Waals surface area contributed by atoms with Crippen LogP contribution in [0.4, 0.5) is 0 Å². The molecule has 1 aromatic rings. The van der Waals surface area contributed by atoms with Gasteiger partial charge in [-0.05, 0) is 12.1 Å². The minimum atomic E-state index is -3.80. The van der Waals surface area contributed by atoms with E-state index in [9.17, 15) is 8.42 Å². The maximum Gasteiger partial charge on any atom is 0.300 e. The van der Waals surface area contributed by atoms with Gasteiger partial charge >= 0.3 is 0 Å². The Balaban J connectivity index is 0. The Morgan fingerprint density at radius 3 is 1.78 bits per heavy atom. The van der Waals surface area contributed by atoms with Crippen LogP contribution in [-0.4, -0.2) is 41.5 Å². The summed E-state index contributed by atoms with van der Waals surface area (Å²) in [7, 11) is -3.80. The largest absolute Gasteiger partial charge is 0.508 e. The van der Waals surface area contributed by atoms with E-state index in [2.05, 4.69) is 0 Å². The number of rotatable bonds is 2. The number of aliphatic carboxylic acids is 1. The molecule has 0 fully saturated rings. The summed E-state index contributed by atoms with van der Waals surface area (Å²) >= 11 is 0. The fourth-order valence-electron chi connectivity index (χ4n) is 0.577. The summed E-state index contributed by atoms with van der Waals surface area (Å²) in [5.74, 6) is -0.866. The lowest BCUT2D eigenvalue weighted by atomic mass is 10.3. The molecule has 0 heterocycles. The molecule has 0 amide bonds. The number of hydrogen-bond acceptors (Lipinski definition) is 5. The molecule has 0 saturated carbocycles. The Kier molecular flexibility index (Phi) is 10.9. The number of carboxylic acid groups (broad SMARTS) is 1. The minimum Gasteiger partial charge on any atom is -0.508 e. The lowest BCUT2D eigenvalue weighted by Crippen LogP contribution is -2.13. The van der Waals surface area contributed by atoms with Gasteiger partial charge in [-0.3, -0.25) is 9.35 Å². The van der Waals surface area contributed by atoms with Gasteiger partial charge in [0, 0.05) is 13.5 Å². The first kappa shape index (κ1) is 18.7. The predicted octanol–water partition coefficient (Wildman–Crippen LogP) is 0.316. The molecule has 0 aromatic heterocycles. The Morgan fingerprint density at radius 1 is 1.28 bits per heavy atom. The zero-order valence-electron chi connectivity index (χ0n) is 9.85. The van der Waals surface area contributed by atoms with E-state index in [-0.39, 0.29) is 12.3 Å². The molecule has 7 nitrogen and oxygen atoms in total. The van der Waals surface area contributed by atoms with E-state index in [1.54, 1.807) is 24.3 Å². The maximum atomic E-state index is 9.71. The molecule has 0 radical (unpaired) electrons. The van der Waals surface area contributed by atoms with Crippen molar-refractivity contribution in [2.24, 2.45) is 5.73 Å². The van der Waals surface area contributed by atoms with Crippen LogP contribution in [0.5, 0.6) is 5.75 Å². The number of benzene rings is 1. The number of para-hydroxylation sites is 1. The Hall–Kier alpha value is -1.64. The molecule has 0 saturated heterocycles. The van der Waals surface area contributed by atoms with Crippen LogP contribution in [0.3, 0.4) is 0 Å². The average Bonchev–Trinajstić information content (AvgIpc) is 2.16. The van der Waals surface area contributed by atoms with Gasteiger partial charge < -0.3 is 15.9 Å². The van der Waals surface area contributed by atoms with E-state index in [0.29, 0.717) is 5.75 Å². The first-order valence-electron chi connectivity index (χ1n) is 4.77. The summed E-state index contributed by atoms with van der Waals surface area (Å²) in [6, 6.07) is 8.71. The van der Waals surface area contributed by atoms with Gasteiger partial charge in [-0.15, -0.1) is 0 Å². The number of carboxylic acids is 1. The molecule has 1 aromatic carbocycles. The number of phenolic OH excluding ortho intramolecular Hbond substituents is 1. The molecular formula is C10H17NO6S. The van der Waals surface area contributed by atoms with E-state index in [0.717, 1.165) is 6.92 Å². The molecule has 5 N–H and O–H groups in total. The summed E-state index contributed by atoms with van der Waals surface area (Å²) in [6.45, 7) is 1.05. The van der Waals surface area contributed by atoms with Gasteiger partial charge in [-0.2, -0.15) is 8.42 Å². The third-order valence-electron chi connectivity index (χ3n) is 1.13. The molecular weight excluding hydrogens is 262 g/mol. The number of phenols is 1. The normalized spacial score (nSPS) is 9.28. The van der Waals surface area contributed by atoms with Crippen LogP contribution < -0.4 is 5.73 Å². The van der Waals surface area contributed by atoms with E-state index in [1.165, 1.54) is 0 Å². The third-order valence-corrected chi connectivity index (χ3v) is 1.88. The van der Waals surface area contributed by atoms with Gasteiger partial charge in [-0.25, -0.2) is 0 Å². The molecule has 0 bridgehead atoms. The van der Waals surface area contributed by atoms with Gasteiger partial charge in [-0.1, -0.05) is 18.2 Å². The smallest absolute Gasteiger partial charge is 0.300 e. The second-order valence-electron chi connectivity index (χ2n) is 2.93. The number of hydrogen-bond donors (Lipinski definition) is 4. The van der Waals surface area contributed by atoms with Crippen molar-refractivity contribution in [1.29, 1.82) is 0 Å². The van der Waals surface area contributed by atoms with Crippen molar-refractivity contribution in [1.82, 2.24) is 0 Å². The summed E-state index contributed by atoms with van der Waals surface area (Å²) in [5, 5.41) is 16.0. The van der Waals surface area contributed by atoms with Crippen molar-refractivity contribution >= 4 is 16.1 Å². The van der Waals surface area contributed by atoms with E-state index >= 15 is 0 Å². The minimum absolute atomic E-state index is 0.0289. The van der Waals surface area contributed by atoms with Crippen molar-refractivity contribution in [3.63, 3.8) is 0 Å². The van der Waals surface area contributed by atoms with Crippen molar-refractivity contribution in [2.45, 2.75) is 6.92 Å². The van der Waals surface area contributed by atoms with E-state index in [1.807, 2.05) is 6.07 Å². The molecule has 1 rings (SSSR count). The van der Waals surface area contributed by atoms with Crippen LogP contribution in [0.25, 0.3) is 0 Å². The lowest BCUT2D eigenvalue weighted by Gasteiger charge is -1.86. The Labute approximate surface area is 106 Å². The topological polar surface area (TPSA) is 138 Å². The standard InChI is InChI=1S/C6H6O.C2H7NO3S.C2H4O2/c7-6-4-2-1-3-5-6;3-1-2-7(4,5)6;1-2(3)4/h1-5,7H;1-3H2,(H,4,5,6);1H3,(H,3,4). The van der Waals surface area contributed by atoms with Crippen LogP contribution in [0.2, 0.25) is 0 Å². The maximum absolute atomic E-state index is 9.71. The zero-order valence-corrected chi connectivity index (χ0v) is 10.7. The molecule has 0 aliphatic heterocycles. The summed E-state index contributed by atoms with van der Waals surface area (Å²) < 4.78 is 27.3. The van der Waals surface area contributed by atoms with Crippen molar-refractivity contribution in [3.8, 4) is 5.75 Å². The quantitative estimate of drug-likeness (QED) is 0.572.